The van der Waals surface area contributed by atoms with Gasteiger partial charge >= 0.3 is 0 Å². The van der Waals surface area contributed by atoms with Gasteiger partial charge < -0.3 is 4.42 Å². The maximum atomic E-state index is 6.74. The number of hydrogen-bond acceptors (Lipinski definition) is 5. The largest absolute Gasteiger partial charge is 0.455 e. The maximum absolute atomic E-state index is 6.74. The third-order valence-electron chi connectivity index (χ3n) is 10.5. The molecule has 0 aliphatic heterocycles. The van der Waals surface area contributed by atoms with Crippen molar-refractivity contribution in [1.82, 2.24) is 15.0 Å². The number of nitrogens with zero attached hydrogens (tertiary/aromatic N) is 3. The molecule has 3 aromatic heterocycles. The van der Waals surface area contributed by atoms with Crippen LogP contribution in [0.2, 0.25) is 0 Å². The fourth-order valence-corrected chi connectivity index (χ4v) is 8.98. The summed E-state index contributed by atoms with van der Waals surface area (Å²) in [6.45, 7) is 0. The van der Waals surface area contributed by atoms with E-state index in [1.54, 1.807) is 0 Å². The highest BCUT2D eigenvalue weighted by Crippen LogP contribution is 2.47. The zero-order chi connectivity index (χ0) is 37.0. The summed E-state index contributed by atoms with van der Waals surface area (Å²) in [5, 5.41) is 4.72. The lowest BCUT2D eigenvalue weighted by molar-refractivity contribution is 0.670. The van der Waals surface area contributed by atoms with Crippen LogP contribution in [-0.4, -0.2) is 15.0 Å². The molecule has 0 saturated heterocycles. The average Bonchev–Trinajstić information content (AvgIpc) is 3.85. The first-order valence-corrected chi connectivity index (χ1v) is 19.5. The van der Waals surface area contributed by atoms with Crippen LogP contribution in [0.25, 0.3) is 110 Å². The van der Waals surface area contributed by atoms with E-state index in [4.69, 9.17) is 19.4 Å². The molecule has 0 aliphatic carbocycles. The molecule has 5 heteroatoms. The summed E-state index contributed by atoms with van der Waals surface area (Å²) in [6, 6.07) is 65.6. The Morgan fingerprint density at radius 3 is 1.59 bits per heavy atom. The minimum atomic E-state index is 0.609. The van der Waals surface area contributed by atoms with Crippen LogP contribution in [0.1, 0.15) is 0 Å². The van der Waals surface area contributed by atoms with Crippen LogP contribution in [0.5, 0.6) is 0 Å². The zero-order valence-electron chi connectivity index (χ0n) is 30.1. The van der Waals surface area contributed by atoms with Gasteiger partial charge in [0.05, 0.1) is 0 Å². The Bertz CT molecular complexity index is 3230. The van der Waals surface area contributed by atoms with Crippen molar-refractivity contribution in [1.29, 1.82) is 0 Å². The van der Waals surface area contributed by atoms with Crippen LogP contribution in [0, 0.1) is 0 Å². The summed E-state index contributed by atoms with van der Waals surface area (Å²) in [7, 11) is 0. The minimum absolute atomic E-state index is 0.609. The Morgan fingerprint density at radius 2 is 0.875 bits per heavy atom. The Morgan fingerprint density at radius 1 is 0.357 bits per heavy atom. The molecule has 262 valence electrons. The number of furan rings is 1. The van der Waals surface area contributed by atoms with E-state index in [0.717, 1.165) is 55.3 Å². The van der Waals surface area contributed by atoms with Gasteiger partial charge in [-0.3, -0.25) is 0 Å². The SMILES string of the molecule is c1ccc(-c2ccc(-c3nc(-c4ccccc4)nc(-c4cccc(-c5cc6c7cc(-c8ccccc8)ccc7sc6c6c5oc5ccccc56)c4)n3)cc2)cc1. The van der Waals surface area contributed by atoms with E-state index in [9.17, 15) is 0 Å². The highest BCUT2D eigenvalue weighted by atomic mass is 32.1. The van der Waals surface area contributed by atoms with Gasteiger partial charge in [-0.1, -0.05) is 158 Å². The van der Waals surface area contributed by atoms with Crippen molar-refractivity contribution in [3.05, 3.63) is 188 Å². The van der Waals surface area contributed by atoms with Crippen LogP contribution in [0.4, 0.5) is 0 Å². The molecule has 4 nitrogen and oxygen atoms in total. The second-order valence-electron chi connectivity index (χ2n) is 14.0. The molecule has 0 spiro atoms. The third-order valence-corrected chi connectivity index (χ3v) is 11.7. The number of para-hydroxylation sites is 1. The molecule has 0 aliphatic rings. The van der Waals surface area contributed by atoms with Crippen LogP contribution in [0.15, 0.2) is 192 Å². The van der Waals surface area contributed by atoms with Gasteiger partial charge in [-0.2, -0.15) is 0 Å². The van der Waals surface area contributed by atoms with Gasteiger partial charge in [0, 0.05) is 53.2 Å². The summed E-state index contributed by atoms with van der Waals surface area (Å²) in [5.41, 5.74) is 11.3. The van der Waals surface area contributed by atoms with Gasteiger partial charge in [0.25, 0.3) is 0 Å². The number of fused-ring (bicyclic) bond motifs is 7. The molecular weight excluding hydrogens is 703 g/mol. The van der Waals surface area contributed by atoms with E-state index in [-0.39, 0.29) is 0 Å². The standard InChI is InChI=1S/C51H31N3OS/c1-4-13-32(14-5-1)34-23-25-36(26-24-34)50-52-49(35-17-8-3-9-18-35)53-51(54-50)39-20-12-19-38(29-39)41-31-43-42-30-37(33-15-6-2-7-16-33)27-28-45(42)56-48(43)46-40-21-10-11-22-44(40)55-47(41)46/h1-31H. The second kappa shape index (κ2) is 13.3. The Balaban J connectivity index is 1.09. The van der Waals surface area contributed by atoms with Gasteiger partial charge in [-0.05, 0) is 58.1 Å². The summed E-state index contributed by atoms with van der Waals surface area (Å²) in [5.74, 6) is 1.86. The lowest BCUT2D eigenvalue weighted by Gasteiger charge is -2.11. The number of aromatic nitrogens is 3. The normalized spacial score (nSPS) is 11.6. The second-order valence-corrected chi connectivity index (χ2v) is 15.0. The predicted octanol–water partition coefficient (Wildman–Crippen LogP) is 14.1. The fourth-order valence-electron chi connectivity index (χ4n) is 7.76. The molecule has 0 N–H and O–H groups in total. The summed E-state index contributed by atoms with van der Waals surface area (Å²) >= 11 is 1.83. The highest BCUT2D eigenvalue weighted by Gasteiger charge is 2.21. The van der Waals surface area contributed by atoms with E-state index in [1.807, 2.05) is 53.8 Å². The van der Waals surface area contributed by atoms with Crippen LogP contribution < -0.4 is 0 Å². The van der Waals surface area contributed by atoms with Crippen molar-refractivity contribution in [3.8, 4) is 67.5 Å². The van der Waals surface area contributed by atoms with Crippen LogP contribution >= 0.6 is 11.3 Å². The van der Waals surface area contributed by atoms with E-state index >= 15 is 0 Å². The first-order chi connectivity index (χ1) is 27.7. The van der Waals surface area contributed by atoms with E-state index in [0.29, 0.717) is 17.5 Å². The number of rotatable bonds is 6. The monoisotopic (exact) mass is 733 g/mol. The zero-order valence-corrected chi connectivity index (χ0v) is 30.9. The van der Waals surface area contributed by atoms with Gasteiger partial charge in [0.1, 0.15) is 11.2 Å². The third kappa shape index (κ3) is 5.56. The molecule has 0 amide bonds. The Labute approximate surface area is 327 Å². The molecule has 0 fully saturated rings. The van der Waals surface area contributed by atoms with Crippen molar-refractivity contribution in [2.24, 2.45) is 0 Å². The predicted molar refractivity (Wildman–Crippen MR) is 233 cm³/mol. The molecule has 11 rings (SSSR count). The molecule has 0 saturated carbocycles. The van der Waals surface area contributed by atoms with Gasteiger partial charge in [0.2, 0.25) is 0 Å². The van der Waals surface area contributed by atoms with Crippen molar-refractivity contribution in [3.63, 3.8) is 0 Å². The first-order valence-electron chi connectivity index (χ1n) is 18.7. The Hall–Kier alpha value is -7.21. The molecule has 56 heavy (non-hydrogen) atoms. The maximum Gasteiger partial charge on any atom is 0.164 e. The Kier molecular flexibility index (Phi) is 7.64. The molecule has 3 heterocycles. The molecule has 0 radical (unpaired) electrons. The van der Waals surface area contributed by atoms with E-state index in [2.05, 4.69) is 146 Å². The van der Waals surface area contributed by atoms with Crippen LogP contribution in [-0.2, 0) is 0 Å². The van der Waals surface area contributed by atoms with Gasteiger partial charge in [-0.25, -0.2) is 15.0 Å². The smallest absolute Gasteiger partial charge is 0.164 e. The number of benzene rings is 8. The molecule has 8 aromatic carbocycles. The first kappa shape index (κ1) is 32.2. The number of thiophene rings is 1. The number of hydrogen-bond donors (Lipinski definition) is 0. The lowest BCUT2D eigenvalue weighted by Crippen LogP contribution is -2.00. The molecule has 0 unspecified atom stereocenters. The molecule has 0 atom stereocenters. The highest BCUT2D eigenvalue weighted by molar-refractivity contribution is 7.26. The fraction of sp³-hybridized carbons (Fsp3) is 0. The van der Waals surface area contributed by atoms with Crippen molar-refractivity contribution < 1.29 is 4.42 Å². The van der Waals surface area contributed by atoms with Crippen molar-refractivity contribution >= 4 is 53.4 Å². The molecular formula is C51H31N3OS. The summed E-state index contributed by atoms with van der Waals surface area (Å²) in [4.78, 5) is 15.2. The molecule has 0 bridgehead atoms. The minimum Gasteiger partial charge on any atom is -0.455 e. The summed E-state index contributed by atoms with van der Waals surface area (Å²) < 4.78 is 9.23. The van der Waals surface area contributed by atoms with E-state index < -0.39 is 0 Å². The van der Waals surface area contributed by atoms with E-state index in [1.165, 1.54) is 36.9 Å². The quantitative estimate of drug-likeness (QED) is 0.171. The van der Waals surface area contributed by atoms with Crippen molar-refractivity contribution in [2.75, 3.05) is 0 Å². The van der Waals surface area contributed by atoms with Crippen molar-refractivity contribution in [2.45, 2.75) is 0 Å². The van der Waals surface area contributed by atoms with Crippen LogP contribution in [0.3, 0.4) is 0 Å². The average molecular weight is 734 g/mol. The summed E-state index contributed by atoms with van der Waals surface area (Å²) in [6.07, 6.45) is 0. The topological polar surface area (TPSA) is 51.8 Å². The van der Waals surface area contributed by atoms with Gasteiger partial charge in [0.15, 0.2) is 17.5 Å². The lowest BCUT2D eigenvalue weighted by atomic mass is 9.96. The molecule has 11 aromatic rings. The van der Waals surface area contributed by atoms with Gasteiger partial charge in [-0.15, -0.1) is 11.3 Å².